The maximum Gasteiger partial charge on any atom is 0.351 e. The van der Waals surface area contributed by atoms with Gasteiger partial charge in [-0.2, -0.15) is 14.8 Å². The Hall–Kier alpha value is -3.67. The van der Waals surface area contributed by atoms with E-state index in [1.165, 1.54) is 26.3 Å². The van der Waals surface area contributed by atoms with Gasteiger partial charge in [-0.15, -0.1) is 0 Å². The monoisotopic (exact) mass is 390 g/mol. The summed E-state index contributed by atoms with van der Waals surface area (Å²) in [6, 6.07) is 4.93. The van der Waals surface area contributed by atoms with Crippen LogP contribution in [-0.2, 0) is 11.8 Å². The molecular formula is C16H15FN6O5. The zero-order valence-electron chi connectivity index (χ0n) is 14.9. The molecule has 0 unspecified atom stereocenters. The van der Waals surface area contributed by atoms with E-state index in [-0.39, 0.29) is 36.2 Å². The average molecular weight is 390 g/mol. The highest BCUT2D eigenvalue weighted by molar-refractivity contribution is 5.89. The highest BCUT2D eigenvalue weighted by atomic mass is 19.1. The quantitative estimate of drug-likeness (QED) is 0.557. The van der Waals surface area contributed by atoms with Crippen LogP contribution in [0.25, 0.3) is 17.2 Å². The summed E-state index contributed by atoms with van der Waals surface area (Å²) < 4.78 is 24.5. The second-order valence-corrected chi connectivity index (χ2v) is 5.56. The van der Waals surface area contributed by atoms with E-state index in [2.05, 4.69) is 20.6 Å². The third-order valence-electron chi connectivity index (χ3n) is 3.67. The molecule has 11 nitrogen and oxygen atoms in total. The van der Waals surface area contributed by atoms with Crippen LogP contribution in [0.4, 0.5) is 4.39 Å². The number of amides is 1. The molecule has 0 bridgehead atoms. The summed E-state index contributed by atoms with van der Waals surface area (Å²) in [6.07, 6.45) is 0. The number of nitrogens with one attached hydrogen (secondary N) is 1. The molecule has 0 spiro atoms. The number of benzene rings is 1. The largest absolute Gasteiger partial charge is 0.383 e. The molecule has 0 saturated carbocycles. The lowest BCUT2D eigenvalue weighted by atomic mass is 10.3. The molecule has 0 radical (unpaired) electrons. The van der Waals surface area contributed by atoms with Gasteiger partial charge in [0.25, 0.3) is 5.56 Å². The highest BCUT2D eigenvalue weighted by Gasteiger charge is 2.21. The molecule has 2 aromatic heterocycles. The Labute approximate surface area is 156 Å². The molecule has 0 aliphatic rings. The Morgan fingerprint density at radius 3 is 2.68 bits per heavy atom. The number of hydrogen-bond donors (Lipinski definition) is 1. The number of hydrogen-bond acceptors (Lipinski definition) is 8. The van der Waals surface area contributed by atoms with E-state index in [1.807, 2.05) is 0 Å². The minimum absolute atomic E-state index is 0.225. The molecular weight excluding hydrogens is 375 g/mol. The van der Waals surface area contributed by atoms with Gasteiger partial charge in [0, 0.05) is 20.7 Å². The van der Waals surface area contributed by atoms with E-state index in [0.29, 0.717) is 0 Å². The van der Waals surface area contributed by atoms with E-state index >= 15 is 0 Å². The van der Waals surface area contributed by atoms with Crippen molar-refractivity contribution in [2.24, 2.45) is 7.05 Å². The van der Waals surface area contributed by atoms with Gasteiger partial charge in [0.1, 0.15) is 5.82 Å². The van der Waals surface area contributed by atoms with E-state index in [4.69, 9.17) is 9.26 Å². The first-order valence-electron chi connectivity index (χ1n) is 8.00. The number of carbonyl (C=O) groups is 1. The van der Waals surface area contributed by atoms with Crippen molar-refractivity contribution in [1.82, 2.24) is 29.8 Å². The van der Waals surface area contributed by atoms with E-state index in [9.17, 15) is 18.8 Å². The van der Waals surface area contributed by atoms with Crippen molar-refractivity contribution < 1.29 is 18.4 Å². The van der Waals surface area contributed by atoms with Crippen LogP contribution in [-0.4, -0.2) is 50.7 Å². The Kier molecular flexibility index (Phi) is 5.40. The Morgan fingerprint density at radius 2 is 2.00 bits per heavy atom. The molecule has 0 fully saturated rings. The van der Waals surface area contributed by atoms with Gasteiger partial charge in [-0.25, -0.2) is 9.18 Å². The lowest BCUT2D eigenvalue weighted by Crippen LogP contribution is -2.40. The van der Waals surface area contributed by atoms with Gasteiger partial charge in [-0.1, -0.05) is 5.16 Å². The van der Waals surface area contributed by atoms with Crippen molar-refractivity contribution in [2.45, 2.75) is 0 Å². The normalized spacial score (nSPS) is 10.8. The lowest BCUT2D eigenvalue weighted by molar-refractivity contribution is 0.0893. The molecule has 2 heterocycles. The van der Waals surface area contributed by atoms with Gasteiger partial charge in [-0.05, 0) is 24.3 Å². The van der Waals surface area contributed by atoms with Gasteiger partial charge in [0.05, 0.1) is 12.3 Å². The number of rotatable bonds is 6. The van der Waals surface area contributed by atoms with Gasteiger partial charge < -0.3 is 14.6 Å². The predicted molar refractivity (Wildman–Crippen MR) is 92.5 cm³/mol. The Bertz CT molecular complexity index is 1120. The van der Waals surface area contributed by atoms with Crippen molar-refractivity contribution in [3.63, 3.8) is 0 Å². The first kappa shape index (κ1) is 19.1. The fourth-order valence-electron chi connectivity index (χ4n) is 2.22. The van der Waals surface area contributed by atoms with Gasteiger partial charge in [0.2, 0.25) is 5.82 Å². The zero-order valence-corrected chi connectivity index (χ0v) is 14.9. The Morgan fingerprint density at radius 1 is 1.29 bits per heavy atom. The molecule has 1 amide bonds. The Balaban J connectivity index is 2.01. The molecule has 12 heteroatoms. The van der Waals surface area contributed by atoms with E-state index in [0.717, 1.165) is 21.4 Å². The lowest BCUT2D eigenvalue weighted by Gasteiger charge is -2.07. The van der Waals surface area contributed by atoms with Crippen LogP contribution in [0.15, 0.2) is 38.4 Å². The van der Waals surface area contributed by atoms with E-state index < -0.39 is 23.0 Å². The fraction of sp³-hybridized carbons (Fsp3) is 0.250. The summed E-state index contributed by atoms with van der Waals surface area (Å²) in [7, 11) is 2.72. The van der Waals surface area contributed by atoms with Crippen LogP contribution in [0.2, 0.25) is 0 Å². The maximum atomic E-state index is 13.1. The van der Waals surface area contributed by atoms with Crippen molar-refractivity contribution in [3.8, 4) is 17.2 Å². The average Bonchev–Trinajstić information content (AvgIpc) is 3.17. The van der Waals surface area contributed by atoms with Crippen molar-refractivity contribution >= 4 is 5.91 Å². The first-order chi connectivity index (χ1) is 13.4. The summed E-state index contributed by atoms with van der Waals surface area (Å²) in [5.74, 6) is -1.80. The minimum atomic E-state index is -0.782. The van der Waals surface area contributed by atoms with Crippen LogP contribution >= 0.6 is 0 Å². The number of methoxy groups -OCH3 is 1. The molecule has 0 atom stereocenters. The molecule has 3 aromatic rings. The van der Waals surface area contributed by atoms with Crippen molar-refractivity contribution in [2.75, 3.05) is 20.3 Å². The van der Waals surface area contributed by atoms with Crippen molar-refractivity contribution in [3.05, 3.63) is 56.8 Å². The first-order valence-corrected chi connectivity index (χ1v) is 8.00. The molecule has 0 aliphatic heterocycles. The molecule has 146 valence electrons. The predicted octanol–water partition coefficient (Wildman–Crippen LogP) is -0.503. The molecule has 3 rings (SSSR count). The standard InChI is InChI=1S/C16H15FN6O5/c1-22-15(25)11(12-19-14(28-21-12)13(24)18-7-8-27-2)20-23(16(22)26)10-5-3-9(17)4-6-10/h3-6H,7-8H2,1-2H3,(H,18,24). The zero-order chi connectivity index (χ0) is 20.3. The summed E-state index contributed by atoms with van der Waals surface area (Å²) in [4.78, 5) is 40.5. The summed E-state index contributed by atoms with van der Waals surface area (Å²) in [5, 5.41) is 10.0. The summed E-state index contributed by atoms with van der Waals surface area (Å²) >= 11 is 0. The number of halogens is 1. The van der Waals surface area contributed by atoms with Crippen LogP contribution in [0.1, 0.15) is 10.7 Å². The third kappa shape index (κ3) is 3.71. The van der Waals surface area contributed by atoms with Crippen molar-refractivity contribution in [1.29, 1.82) is 0 Å². The summed E-state index contributed by atoms with van der Waals surface area (Å²) in [6.45, 7) is 0.514. The van der Waals surface area contributed by atoms with Gasteiger partial charge in [-0.3, -0.25) is 14.2 Å². The second-order valence-electron chi connectivity index (χ2n) is 5.56. The third-order valence-corrected chi connectivity index (χ3v) is 3.67. The van der Waals surface area contributed by atoms with Crippen LogP contribution in [0.5, 0.6) is 0 Å². The van der Waals surface area contributed by atoms with E-state index in [1.54, 1.807) is 0 Å². The second kappa shape index (κ2) is 7.92. The summed E-state index contributed by atoms with van der Waals surface area (Å²) in [5.41, 5.74) is -1.62. The number of ether oxygens (including phenoxy) is 1. The maximum absolute atomic E-state index is 13.1. The van der Waals surface area contributed by atoms with Crippen LogP contribution in [0.3, 0.4) is 0 Å². The van der Waals surface area contributed by atoms with Gasteiger partial charge >= 0.3 is 17.5 Å². The molecule has 0 saturated heterocycles. The molecule has 1 N–H and O–H groups in total. The minimum Gasteiger partial charge on any atom is -0.383 e. The molecule has 28 heavy (non-hydrogen) atoms. The number of aromatic nitrogens is 5. The highest BCUT2D eigenvalue weighted by Crippen LogP contribution is 2.10. The fourth-order valence-corrected chi connectivity index (χ4v) is 2.22. The van der Waals surface area contributed by atoms with Gasteiger partial charge in [0.15, 0.2) is 5.69 Å². The van der Waals surface area contributed by atoms with Crippen LogP contribution in [0, 0.1) is 5.82 Å². The molecule has 1 aromatic carbocycles. The number of carbonyl (C=O) groups excluding carboxylic acids is 1. The topological polar surface area (TPSA) is 134 Å². The van der Waals surface area contributed by atoms with Crippen LogP contribution < -0.4 is 16.6 Å². The SMILES string of the molecule is COCCNC(=O)c1nc(-c2nn(-c3ccc(F)cc3)c(=O)n(C)c2=O)no1. The molecule has 0 aliphatic carbocycles. The smallest absolute Gasteiger partial charge is 0.351 e. The number of nitrogens with zero attached hydrogens (tertiary/aromatic N) is 5.